The van der Waals surface area contributed by atoms with Gasteiger partial charge in [-0.25, -0.2) is 0 Å². The number of rotatable bonds is 5. The fourth-order valence-corrected chi connectivity index (χ4v) is 2.45. The molecule has 0 fully saturated rings. The van der Waals surface area contributed by atoms with Crippen LogP contribution in [0.4, 0.5) is 0 Å². The number of hydrogen-bond donors (Lipinski definition) is 0. The molecule has 0 aromatic rings. The van der Waals surface area contributed by atoms with Crippen LogP contribution in [0.5, 0.6) is 0 Å². The first-order chi connectivity index (χ1) is 6.70. The second-order valence-electron chi connectivity index (χ2n) is 4.94. The Kier molecular flexibility index (Phi) is 5.01. The third-order valence-corrected chi connectivity index (χ3v) is 4.72. The topological polar surface area (TPSA) is 26.3 Å². The number of methoxy groups -OCH3 is 1. The molecule has 0 heterocycles. The highest BCUT2D eigenvalue weighted by atomic mass is 28.3. The third-order valence-electron chi connectivity index (χ3n) is 2.59. The van der Waals surface area contributed by atoms with Crippen molar-refractivity contribution in [1.82, 2.24) is 0 Å². The molecule has 0 spiro atoms. The lowest BCUT2D eigenvalue weighted by Gasteiger charge is -2.25. The Morgan fingerprint density at radius 1 is 1.33 bits per heavy atom. The summed E-state index contributed by atoms with van der Waals surface area (Å²) in [6.45, 7) is 16.8. The summed E-state index contributed by atoms with van der Waals surface area (Å²) in [6, 6.07) is 0. The number of carbonyl (C=O) groups excluding carboxylic acids is 1. The van der Waals surface area contributed by atoms with Gasteiger partial charge in [-0.2, -0.15) is 0 Å². The monoisotopic (exact) mass is 226 g/mol. The van der Waals surface area contributed by atoms with Gasteiger partial charge in [0.05, 0.1) is 21.6 Å². The van der Waals surface area contributed by atoms with Gasteiger partial charge in [-0.15, -0.1) is 0 Å². The average Bonchev–Trinajstić information content (AvgIpc) is 2.13. The van der Waals surface area contributed by atoms with Crippen molar-refractivity contribution in [3.63, 3.8) is 0 Å². The van der Waals surface area contributed by atoms with Gasteiger partial charge < -0.3 is 4.74 Å². The van der Waals surface area contributed by atoms with Crippen molar-refractivity contribution in [3.05, 3.63) is 23.9 Å². The molecule has 3 heteroatoms. The highest BCUT2D eigenvalue weighted by Gasteiger charge is 2.23. The normalized spacial score (nSPS) is 13.1. The predicted molar refractivity (Wildman–Crippen MR) is 67.4 cm³/mol. The van der Waals surface area contributed by atoms with Crippen LogP contribution in [-0.2, 0) is 9.53 Å². The van der Waals surface area contributed by atoms with Gasteiger partial charge in [0.25, 0.3) is 0 Å². The Hall–Kier alpha value is -0.833. The van der Waals surface area contributed by atoms with Gasteiger partial charge in [-0.1, -0.05) is 50.5 Å². The SMILES string of the molecule is C=C(C(=C)[Si](C)(C)C)C(C)CC(=O)OC. The van der Waals surface area contributed by atoms with Gasteiger partial charge in [0, 0.05) is 0 Å². The Balaban J connectivity index is 4.46. The van der Waals surface area contributed by atoms with Crippen LogP contribution in [0.15, 0.2) is 23.9 Å². The maximum atomic E-state index is 11.1. The van der Waals surface area contributed by atoms with E-state index in [9.17, 15) is 4.79 Å². The molecule has 0 saturated heterocycles. The van der Waals surface area contributed by atoms with Gasteiger partial charge in [-0.05, 0) is 5.92 Å². The second kappa shape index (κ2) is 5.31. The van der Waals surface area contributed by atoms with Gasteiger partial charge in [0.15, 0.2) is 0 Å². The van der Waals surface area contributed by atoms with Crippen molar-refractivity contribution < 1.29 is 9.53 Å². The van der Waals surface area contributed by atoms with E-state index in [-0.39, 0.29) is 11.9 Å². The molecular formula is C12H22O2Si. The fraction of sp³-hybridized carbons (Fsp3) is 0.583. The molecule has 1 atom stereocenters. The summed E-state index contributed by atoms with van der Waals surface area (Å²) in [7, 11) is 0.0141. The predicted octanol–water partition coefficient (Wildman–Crippen LogP) is 3.18. The molecule has 0 radical (unpaired) electrons. The first-order valence-electron chi connectivity index (χ1n) is 5.15. The number of ether oxygens (including phenoxy) is 1. The van der Waals surface area contributed by atoms with E-state index in [1.54, 1.807) is 0 Å². The van der Waals surface area contributed by atoms with Gasteiger partial charge in [0.2, 0.25) is 0 Å². The van der Waals surface area contributed by atoms with Crippen LogP contribution in [0.1, 0.15) is 13.3 Å². The van der Waals surface area contributed by atoms with Crippen LogP contribution in [0.3, 0.4) is 0 Å². The molecule has 0 aliphatic carbocycles. The van der Waals surface area contributed by atoms with Crippen LogP contribution < -0.4 is 0 Å². The Morgan fingerprint density at radius 2 is 1.80 bits per heavy atom. The molecule has 0 bridgehead atoms. The van der Waals surface area contributed by atoms with Gasteiger partial charge >= 0.3 is 5.97 Å². The van der Waals surface area contributed by atoms with E-state index in [1.165, 1.54) is 7.11 Å². The second-order valence-corrected chi connectivity index (χ2v) is 10.0. The molecule has 0 saturated carbocycles. The van der Waals surface area contributed by atoms with Crippen LogP contribution in [-0.4, -0.2) is 21.2 Å². The minimum absolute atomic E-state index is 0.122. The minimum atomic E-state index is -1.39. The van der Waals surface area contributed by atoms with Crippen LogP contribution in [0.2, 0.25) is 19.6 Å². The molecule has 2 nitrogen and oxygen atoms in total. The quantitative estimate of drug-likeness (QED) is 0.409. The number of carbonyl (C=O) groups is 1. The Labute approximate surface area is 94.0 Å². The van der Waals surface area contributed by atoms with E-state index >= 15 is 0 Å². The van der Waals surface area contributed by atoms with Crippen molar-refractivity contribution in [2.45, 2.75) is 33.0 Å². The molecule has 0 N–H and O–H groups in total. The first kappa shape index (κ1) is 14.2. The standard InChI is InChI=1S/C12H22O2Si/c1-9(8-12(13)14-4)10(2)11(3)15(5,6)7/h9H,2-3,8H2,1,4-7H3. The Morgan fingerprint density at radius 3 is 2.13 bits per heavy atom. The van der Waals surface area contributed by atoms with Crippen LogP contribution in [0, 0.1) is 5.92 Å². The third kappa shape index (κ3) is 4.47. The summed E-state index contributed by atoms with van der Waals surface area (Å²) in [6.07, 6.45) is 0.388. The lowest BCUT2D eigenvalue weighted by Crippen LogP contribution is -2.26. The highest BCUT2D eigenvalue weighted by Crippen LogP contribution is 2.27. The highest BCUT2D eigenvalue weighted by molar-refractivity contribution is 6.83. The smallest absolute Gasteiger partial charge is 0.306 e. The van der Waals surface area contributed by atoms with Crippen molar-refractivity contribution in [2.75, 3.05) is 7.11 Å². The summed E-state index contributed by atoms with van der Waals surface area (Å²) in [5.74, 6) is -0.0660. The minimum Gasteiger partial charge on any atom is -0.469 e. The number of esters is 1. The summed E-state index contributed by atoms with van der Waals surface area (Å²) in [4.78, 5) is 11.1. The molecule has 15 heavy (non-hydrogen) atoms. The zero-order chi connectivity index (χ0) is 12.2. The molecular weight excluding hydrogens is 204 g/mol. The molecule has 0 aliphatic heterocycles. The molecule has 0 aliphatic rings. The molecule has 86 valence electrons. The zero-order valence-corrected chi connectivity index (χ0v) is 11.5. The van der Waals surface area contributed by atoms with Gasteiger partial charge in [-0.3, -0.25) is 4.79 Å². The number of hydrogen-bond acceptors (Lipinski definition) is 2. The summed E-state index contributed by atoms with van der Waals surface area (Å²) >= 11 is 0. The molecule has 0 amide bonds. The van der Waals surface area contributed by atoms with E-state index in [1.807, 2.05) is 6.92 Å². The number of allylic oxidation sites excluding steroid dienone is 2. The van der Waals surface area contributed by atoms with Gasteiger partial charge in [0.1, 0.15) is 0 Å². The maximum absolute atomic E-state index is 11.1. The molecule has 0 aromatic carbocycles. The van der Waals surface area contributed by atoms with Crippen LogP contribution in [0.25, 0.3) is 0 Å². The van der Waals surface area contributed by atoms with E-state index in [2.05, 4.69) is 37.5 Å². The van der Waals surface area contributed by atoms with Crippen molar-refractivity contribution in [2.24, 2.45) is 5.92 Å². The molecule has 0 aromatic heterocycles. The lowest BCUT2D eigenvalue weighted by molar-refractivity contribution is -0.141. The zero-order valence-electron chi connectivity index (χ0n) is 10.5. The summed E-state index contributed by atoms with van der Waals surface area (Å²) < 4.78 is 4.64. The van der Waals surface area contributed by atoms with Crippen molar-refractivity contribution in [3.8, 4) is 0 Å². The van der Waals surface area contributed by atoms with Crippen molar-refractivity contribution in [1.29, 1.82) is 0 Å². The largest absolute Gasteiger partial charge is 0.469 e. The fourth-order valence-electron chi connectivity index (χ4n) is 1.24. The van der Waals surface area contributed by atoms with E-state index < -0.39 is 8.07 Å². The van der Waals surface area contributed by atoms with Crippen LogP contribution >= 0.6 is 0 Å². The van der Waals surface area contributed by atoms with E-state index in [0.29, 0.717) is 6.42 Å². The first-order valence-corrected chi connectivity index (χ1v) is 8.65. The molecule has 1 unspecified atom stereocenters. The van der Waals surface area contributed by atoms with Crippen molar-refractivity contribution >= 4 is 14.0 Å². The average molecular weight is 226 g/mol. The summed E-state index contributed by atoms with van der Waals surface area (Å²) in [5.41, 5.74) is 1.000. The maximum Gasteiger partial charge on any atom is 0.306 e. The lowest BCUT2D eigenvalue weighted by atomic mass is 9.99. The Bertz CT molecular complexity index is 274. The van der Waals surface area contributed by atoms with E-state index in [4.69, 9.17) is 0 Å². The summed E-state index contributed by atoms with van der Waals surface area (Å²) in [5, 5.41) is 1.14. The van der Waals surface area contributed by atoms with E-state index in [0.717, 1.165) is 10.8 Å². The molecule has 0 rings (SSSR count).